The van der Waals surface area contributed by atoms with Crippen LogP contribution in [0.1, 0.15) is 11.1 Å². The van der Waals surface area contributed by atoms with Crippen LogP contribution in [0.3, 0.4) is 0 Å². The Kier molecular flexibility index (Phi) is 6.42. The SMILES string of the molecule is O=c1c2ccccc2nc(-c2cc3cc(Cl)ccc3o2)n1N=Cc1ccc(OCc2ccc(Cl)cc2)cc1. The number of aromatic nitrogens is 2. The summed E-state index contributed by atoms with van der Waals surface area (Å²) in [5, 5.41) is 7.04. The summed E-state index contributed by atoms with van der Waals surface area (Å²) in [7, 11) is 0. The Labute approximate surface area is 227 Å². The van der Waals surface area contributed by atoms with Crippen molar-refractivity contribution in [2.45, 2.75) is 6.61 Å². The lowest BCUT2D eigenvalue weighted by atomic mass is 10.2. The number of ether oxygens (including phenoxy) is 1. The molecule has 0 amide bonds. The van der Waals surface area contributed by atoms with Gasteiger partial charge in [0, 0.05) is 15.4 Å². The van der Waals surface area contributed by atoms with Crippen molar-refractivity contribution in [2.75, 3.05) is 0 Å². The lowest BCUT2D eigenvalue weighted by Crippen LogP contribution is -2.20. The molecule has 0 aliphatic carbocycles. The number of hydrogen-bond donors (Lipinski definition) is 0. The van der Waals surface area contributed by atoms with Crippen molar-refractivity contribution in [1.29, 1.82) is 0 Å². The zero-order chi connectivity index (χ0) is 26.1. The van der Waals surface area contributed by atoms with E-state index in [2.05, 4.69) is 5.10 Å². The van der Waals surface area contributed by atoms with Gasteiger partial charge in [-0.1, -0.05) is 47.5 Å². The van der Waals surface area contributed by atoms with E-state index in [-0.39, 0.29) is 5.56 Å². The molecule has 0 aliphatic rings. The number of hydrogen-bond acceptors (Lipinski definition) is 5. The molecule has 0 saturated carbocycles. The van der Waals surface area contributed by atoms with Crippen molar-refractivity contribution < 1.29 is 9.15 Å². The van der Waals surface area contributed by atoms with Gasteiger partial charge >= 0.3 is 0 Å². The molecule has 0 spiro atoms. The highest BCUT2D eigenvalue weighted by Crippen LogP contribution is 2.29. The number of fused-ring (bicyclic) bond motifs is 2. The summed E-state index contributed by atoms with van der Waals surface area (Å²) in [5.74, 6) is 1.41. The monoisotopic (exact) mass is 539 g/mol. The van der Waals surface area contributed by atoms with Crippen LogP contribution in [0.2, 0.25) is 10.0 Å². The molecule has 38 heavy (non-hydrogen) atoms. The van der Waals surface area contributed by atoms with E-state index in [0.717, 1.165) is 16.5 Å². The van der Waals surface area contributed by atoms with Crippen molar-refractivity contribution in [3.05, 3.63) is 129 Å². The fraction of sp³-hybridized carbons (Fsp3) is 0.0333. The Bertz CT molecular complexity index is 1860. The maximum absolute atomic E-state index is 13.4. The van der Waals surface area contributed by atoms with Crippen LogP contribution in [0.4, 0.5) is 0 Å². The number of halogens is 2. The van der Waals surface area contributed by atoms with E-state index in [1.165, 1.54) is 4.68 Å². The third-order valence-electron chi connectivity index (χ3n) is 5.97. The van der Waals surface area contributed by atoms with Gasteiger partial charge in [0.25, 0.3) is 5.56 Å². The Morgan fingerprint density at radius 2 is 1.66 bits per heavy atom. The number of nitrogens with zero attached hydrogens (tertiary/aromatic N) is 3. The average Bonchev–Trinajstić information content (AvgIpc) is 3.36. The van der Waals surface area contributed by atoms with E-state index in [1.54, 1.807) is 48.7 Å². The summed E-state index contributed by atoms with van der Waals surface area (Å²) in [6.45, 7) is 0.425. The second-order valence-corrected chi connectivity index (χ2v) is 9.46. The van der Waals surface area contributed by atoms with E-state index in [9.17, 15) is 4.79 Å². The Morgan fingerprint density at radius 3 is 2.47 bits per heavy atom. The van der Waals surface area contributed by atoms with Crippen molar-refractivity contribution in [2.24, 2.45) is 5.10 Å². The van der Waals surface area contributed by atoms with Gasteiger partial charge in [0.15, 0.2) is 5.76 Å². The number of para-hydroxylation sites is 1. The van der Waals surface area contributed by atoms with Gasteiger partial charge in [-0.15, -0.1) is 0 Å². The first-order chi connectivity index (χ1) is 18.5. The molecule has 6 rings (SSSR count). The van der Waals surface area contributed by atoms with E-state index in [0.29, 0.717) is 50.5 Å². The predicted octanol–water partition coefficient (Wildman–Crippen LogP) is 7.58. The molecule has 0 atom stereocenters. The van der Waals surface area contributed by atoms with Crippen molar-refractivity contribution >= 4 is 51.3 Å². The zero-order valence-corrected chi connectivity index (χ0v) is 21.4. The largest absolute Gasteiger partial charge is 0.489 e. The average molecular weight is 540 g/mol. The van der Waals surface area contributed by atoms with E-state index in [1.807, 2.05) is 54.6 Å². The lowest BCUT2D eigenvalue weighted by Gasteiger charge is -2.08. The lowest BCUT2D eigenvalue weighted by molar-refractivity contribution is 0.306. The van der Waals surface area contributed by atoms with Gasteiger partial charge in [-0.25, -0.2) is 4.98 Å². The minimum absolute atomic E-state index is 0.292. The molecule has 0 fully saturated rings. The number of benzene rings is 4. The van der Waals surface area contributed by atoms with Crippen LogP contribution in [0.5, 0.6) is 5.75 Å². The Morgan fingerprint density at radius 1 is 0.895 bits per heavy atom. The van der Waals surface area contributed by atoms with Crippen molar-refractivity contribution in [1.82, 2.24) is 9.66 Å². The Hall–Kier alpha value is -4.39. The first-order valence-electron chi connectivity index (χ1n) is 11.8. The molecule has 4 aromatic carbocycles. The first kappa shape index (κ1) is 24.0. The highest BCUT2D eigenvalue weighted by Gasteiger charge is 2.16. The second-order valence-electron chi connectivity index (χ2n) is 8.59. The topological polar surface area (TPSA) is 69.6 Å². The van der Waals surface area contributed by atoms with Crippen LogP contribution < -0.4 is 10.3 Å². The summed E-state index contributed by atoms with van der Waals surface area (Å²) in [6.07, 6.45) is 1.60. The van der Waals surface area contributed by atoms with Crippen LogP contribution in [0, 0.1) is 0 Å². The van der Waals surface area contributed by atoms with Crippen LogP contribution in [-0.2, 0) is 6.61 Å². The standard InChI is InChI=1S/C30H19Cl2N3O3/c31-22-9-5-20(6-10-22)18-37-24-12-7-19(8-13-24)17-33-35-29(34-26-4-2-1-3-25(26)30(35)36)28-16-21-15-23(32)11-14-27(21)38-28/h1-17H,18H2. The molecular formula is C30H19Cl2N3O3. The fourth-order valence-corrected chi connectivity index (χ4v) is 4.34. The molecule has 2 aromatic heterocycles. The minimum atomic E-state index is -0.303. The molecule has 6 nitrogen and oxygen atoms in total. The van der Waals surface area contributed by atoms with Gasteiger partial charge in [0.05, 0.1) is 17.1 Å². The number of rotatable bonds is 6. The normalized spacial score (nSPS) is 11.5. The minimum Gasteiger partial charge on any atom is -0.489 e. The molecule has 8 heteroatoms. The van der Waals surface area contributed by atoms with Gasteiger partial charge in [0.2, 0.25) is 5.82 Å². The first-order valence-corrected chi connectivity index (χ1v) is 12.5. The van der Waals surface area contributed by atoms with Gasteiger partial charge in [-0.2, -0.15) is 9.78 Å². The van der Waals surface area contributed by atoms with Crippen molar-refractivity contribution in [3.63, 3.8) is 0 Å². The van der Waals surface area contributed by atoms with Gasteiger partial charge in [-0.05, 0) is 83.9 Å². The van der Waals surface area contributed by atoms with Gasteiger partial charge < -0.3 is 9.15 Å². The van der Waals surface area contributed by atoms with Crippen LogP contribution in [0.25, 0.3) is 33.5 Å². The highest BCUT2D eigenvalue weighted by atomic mass is 35.5. The molecule has 0 saturated heterocycles. The number of furan rings is 1. The Balaban J connectivity index is 1.32. The molecule has 0 unspecified atom stereocenters. The van der Waals surface area contributed by atoms with Crippen LogP contribution in [0.15, 0.2) is 111 Å². The maximum atomic E-state index is 13.4. The van der Waals surface area contributed by atoms with E-state index < -0.39 is 0 Å². The molecule has 0 N–H and O–H groups in total. The quantitative estimate of drug-likeness (QED) is 0.204. The van der Waals surface area contributed by atoms with E-state index in [4.69, 9.17) is 37.3 Å². The van der Waals surface area contributed by atoms with Gasteiger partial charge in [-0.3, -0.25) is 4.79 Å². The van der Waals surface area contributed by atoms with Crippen molar-refractivity contribution in [3.8, 4) is 17.3 Å². The summed E-state index contributed by atoms with van der Waals surface area (Å²) in [5.41, 5.74) is 2.69. The van der Waals surface area contributed by atoms with Gasteiger partial charge in [0.1, 0.15) is 17.9 Å². The molecule has 6 aromatic rings. The molecule has 2 heterocycles. The second kappa shape index (κ2) is 10.2. The summed E-state index contributed by atoms with van der Waals surface area (Å²) in [4.78, 5) is 18.1. The fourth-order valence-electron chi connectivity index (χ4n) is 4.04. The molecule has 0 radical (unpaired) electrons. The maximum Gasteiger partial charge on any atom is 0.282 e. The van der Waals surface area contributed by atoms with Crippen LogP contribution >= 0.6 is 23.2 Å². The third-order valence-corrected chi connectivity index (χ3v) is 6.46. The summed E-state index contributed by atoms with van der Waals surface area (Å²) in [6, 6.07) is 29.2. The zero-order valence-electron chi connectivity index (χ0n) is 19.8. The van der Waals surface area contributed by atoms with E-state index >= 15 is 0 Å². The third kappa shape index (κ3) is 4.92. The smallest absolute Gasteiger partial charge is 0.282 e. The summed E-state index contributed by atoms with van der Waals surface area (Å²) < 4.78 is 13.1. The molecule has 0 aliphatic heterocycles. The molecule has 186 valence electrons. The predicted molar refractivity (Wildman–Crippen MR) is 151 cm³/mol. The molecular weight excluding hydrogens is 521 g/mol. The summed E-state index contributed by atoms with van der Waals surface area (Å²) >= 11 is 12.1. The molecule has 0 bridgehead atoms. The highest BCUT2D eigenvalue weighted by molar-refractivity contribution is 6.31. The van der Waals surface area contributed by atoms with Crippen LogP contribution in [-0.4, -0.2) is 15.9 Å².